The Bertz CT molecular complexity index is 1410. The normalized spacial score (nSPS) is 14.0. The van der Waals surface area contributed by atoms with Gasteiger partial charge in [0.25, 0.3) is 0 Å². The van der Waals surface area contributed by atoms with Gasteiger partial charge in [-0.05, 0) is 69.5 Å². The second-order valence-corrected chi connectivity index (χ2v) is 7.40. The zero-order valence-electron chi connectivity index (χ0n) is 17.1. The predicted octanol–water partition coefficient (Wildman–Crippen LogP) is 6.14. The molecule has 0 aliphatic carbocycles. The highest BCUT2D eigenvalue weighted by molar-refractivity contribution is 6.24. The Morgan fingerprint density at radius 2 is 1.47 bits per heavy atom. The number of nitrogens with zero attached hydrogens (tertiary/aromatic N) is 1. The summed E-state index contributed by atoms with van der Waals surface area (Å²) in [7, 11) is 0. The molecular weight excluding hydrogens is 366 g/mol. The lowest BCUT2D eigenvalue weighted by molar-refractivity contribution is 1.24. The molecule has 0 radical (unpaired) electrons. The molecule has 0 heterocycles. The van der Waals surface area contributed by atoms with Crippen LogP contribution in [0.4, 0.5) is 0 Å². The second kappa shape index (κ2) is 7.77. The third-order valence-electron chi connectivity index (χ3n) is 5.55. The fourth-order valence-electron chi connectivity index (χ4n) is 3.91. The van der Waals surface area contributed by atoms with Gasteiger partial charge in [0, 0.05) is 5.57 Å². The molecule has 0 unspecified atom stereocenters. The fourth-order valence-corrected chi connectivity index (χ4v) is 3.91. The standard InChI is InChI=1S/C27H23N3/c1-3-18(16-28)15-25(30)24(29)14-7-17(2)22-12-10-21-9-8-19-5-4-6-20-11-13-23(22)27(21)26(19)20/h3-15H,29-30H2,1-2H3/b17-7+,18-3+,24-14-,25-15-. The first kappa shape index (κ1) is 19.3. The number of rotatable bonds is 4. The Hall–Kier alpha value is -4.03. The summed E-state index contributed by atoms with van der Waals surface area (Å²) in [6, 6.07) is 21.6. The minimum absolute atomic E-state index is 0.379. The molecule has 0 spiro atoms. The molecule has 0 saturated heterocycles. The second-order valence-electron chi connectivity index (χ2n) is 7.40. The first-order chi connectivity index (χ1) is 14.5. The number of nitrogens with two attached hydrogens (primary N) is 2. The molecule has 3 nitrogen and oxygen atoms in total. The molecule has 0 aromatic heterocycles. The van der Waals surface area contributed by atoms with Crippen LogP contribution in [0.1, 0.15) is 19.4 Å². The van der Waals surface area contributed by atoms with E-state index in [4.69, 9.17) is 16.7 Å². The molecule has 0 atom stereocenters. The molecule has 146 valence electrons. The Kier molecular flexibility index (Phi) is 5.00. The van der Waals surface area contributed by atoms with E-state index in [0.29, 0.717) is 17.0 Å². The van der Waals surface area contributed by atoms with Crippen molar-refractivity contribution in [3.63, 3.8) is 0 Å². The molecule has 3 heteroatoms. The van der Waals surface area contributed by atoms with Crippen molar-refractivity contribution < 1.29 is 0 Å². The molecule has 4 rings (SSSR count). The zero-order chi connectivity index (χ0) is 21.3. The van der Waals surface area contributed by atoms with E-state index < -0.39 is 0 Å². The summed E-state index contributed by atoms with van der Waals surface area (Å²) in [5.74, 6) is 0. The van der Waals surface area contributed by atoms with Crippen molar-refractivity contribution in [2.24, 2.45) is 11.5 Å². The first-order valence-corrected chi connectivity index (χ1v) is 9.88. The van der Waals surface area contributed by atoms with Gasteiger partial charge in [-0.2, -0.15) is 5.26 Å². The summed E-state index contributed by atoms with van der Waals surface area (Å²) in [4.78, 5) is 0. The van der Waals surface area contributed by atoms with Crippen molar-refractivity contribution in [1.82, 2.24) is 0 Å². The van der Waals surface area contributed by atoms with Gasteiger partial charge in [-0.1, -0.05) is 66.7 Å². The predicted molar refractivity (Wildman–Crippen MR) is 128 cm³/mol. The van der Waals surface area contributed by atoms with E-state index in [2.05, 4.69) is 67.6 Å². The van der Waals surface area contributed by atoms with Gasteiger partial charge in [0.05, 0.1) is 17.5 Å². The summed E-state index contributed by atoms with van der Waals surface area (Å²) in [5.41, 5.74) is 15.7. The zero-order valence-corrected chi connectivity index (χ0v) is 17.1. The molecule has 0 bridgehead atoms. The van der Waals surface area contributed by atoms with Crippen molar-refractivity contribution in [2.75, 3.05) is 0 Å². The smallest absolute Gasteiger partial charge is 0.0988 e. The van der Waals surface area contributed by atoms with Crippen LogP contribution >= 0.6 is 0 Å². The molecule has 30 heavy (non-hydrogen) atoms. The molecule has 0 saturated carbocycles. The average Bonchev–Trinajstić information content (AvgIpc) is 2.78. The van der Waals surface area contributed by atoms with Gasteiger partial charge in [0.15, 0.2) is 0 Å². The van der Waals surface area contributed by atoms with Crippen LogP contribution < -0.4 is 11.5 Å². The van der Waals surface area contributed by atoms with E-state index in [9.17, 15) is 0 Å². The molecule has 0 fully saturated rings. The van der Waals surface area contributed by atoms with E-state index in [1.54, 1.807) is 25.2 Å². The Labute approximate surface area is 176 Å². The monoisotopic (exact) mass is 389 g/mol. The molecule has 4 N–H and O–H groups in total. The third kappa shape index (κ3) is 3.29. The maximum Gasteiger partial charge on any atom is 0.0988 e. The molecule has 0 aliphatic heterocycles. The van der Waals surface area contributed by atoms with Crippen molar-refractivity contribution in [2.45, 2.75) is 13.8 Å². The summed E-state index contributed by atoms with van der Waals surface area (Å²) in [5, 5.41) is 16.6. The topological polar surface area (TPSA) is 75.8 Å². The van der Waals surface area contributed by atoms with Gasteiger partial charge < -0.3 is 11.5 Å². The maximum atomic E-state index is 9.05. The molecule has 4 aromatic carbocycles. The Morgan fingerprint density at radius 1 is 0.833 bits per heavy atom. The van der Waals surface area contributed by atoms with Gasteiger partial charge in [-0.15, -0.1) is 0 Å². The van der Waals surface area contributed by atoms with E-state index in [-0.39, 0.29) is 0 Å². The van der Waals surface area contributed by atoms with Crippen LogP contribution in [0.25, 0.3) is 37.9 Å². The minimum atomic E-state index is 0.379. The van der Waals surface area contributed by atoms with E-state index in [1.807, 2.05) is 6.08 Å². The quantitative estimate of drug-likeness (QED) is 0.250. The number of benzene rings is 4. The van der Waals surface area contributed by atoms with Crippen molar-refractivity contribution in [3.05, 3.63) is 101 Å². The maximum absolute atomic E-state index is 9.05. The van der Waals surface area contributed by atoms with Gasteiger partial charge >= 0.3 is 0 Å². The lowest BCUT2D eigenvalue weighted by atomic mass is 9.90. The van der Waals surface area contributed by atoms with Gasteiger partial charge in [0.2, 0.25) is 0 Å². The highest BCUT2D eigenvalue weighted by Gasteiger charge is 2.11. The third-order valence-corrected chi connectivity index (χ3v) is 5.55. The number of hydrogen-bond acceptors (Lipinski definition) is 3. The average molecular weight is 390 g/mol. The largest absolute Gasteiger partial charge is 0.397 e. The van der Waals surface area contributed by atoms with E-state index in [1.165, 1.54) is 37.9 Å². The van der Waals surface area contributed by atoms with Crippen molar-refractivity contribution in [3.8, 4) is 6.07 Å². The summed E-state index contributed by atoms with van der Waals surface area (Å²) < 4.78 is 0. The highest BCUT2D eigenvalue weighted by Crippen LogP contribution is 2.37. The molecular formula is C27H23N3. The molecule has 0 amide bonds. The number of allylic oxidation sites excluding steroid dienone is 6. The Morgan fingerprint density at radius 3 is 2.13 bits per heavy atom. The van der Waals surface area contributed by atoms with E-state index >= 15 is 0 Å². The van der Waals surface area contributed by atoms with Crippen LogP contribution in [0.2, 0.25) is 0 Å². The molecule has 4 aromatic rings. The highest BCUT2D eigenvalue weighted by atomic mass is 14.7. The van der Waals surface area contributed by atoms with Crippen LogP contribution in [0.5, 0.6) is 0 Å². The van der Waals surface area contributed by atoms with Crippen LogP contribution in [-0.2, 0) is 0 Å². The summed E-state index contributed by atoms with van der Waals surface area (Å²) in [6.45, 7) is 3.86. The van der Waals surface area contributed by atoms with Gasteiger partial charge in [0.1, 0.15) is 0 Å². The molecule has 0 aliphatic rings. The van der Waals surface area contributed by atoms with Crippen molar-refractivity contribution >= 4 is 37.9 Å². The lowest BCUT2D eigenvalue weighted by Gasteiger charge is -2.14. The Balaban J connectivity index is 1.82. The number of nitriles is 1. The lowest BCUT2D eigenvalue weighted by Crippen LogP contribution is -2.09. The SMILES string of the molecule is C\C=C(C#N)/C=C(N)/C(N)=C/C=C(\C)c1ccc2ccc3cccc4ccc1c2c34. The van der Waals surface area contributed by atoms with Crippen molar-refractivity contribution in [1.29, 1.82) is 5.26 Å². The van der Waals surface area contributed by atoms with Gasteiger partial charge in [-0.3, -0.25) is 0 Å². The van der Waals surface area contributed by atoms with Crippen LogP contribution in [0.3, 0.4) is 0 Å². The number of hydrogen-bond donors (Lipinski definition) is 2. The van der Waals surface area contributed by atoms with Crippen LogP contribution in [0, 0.1) is 11.3 Å². The van der Waals surface area contributed by atoms with Crippen LogP contribution in [-0.4, -0.2) is 0 Å². The summed E-state index contributed by atoms with van der Waals surface area (Å²) >= 11 is 0. The van der Waals surface area contributed by atoms with Crippen LogP contribution in [0.15, 0.2) is 95.9 Å². The summed E-state index contributed by atoms with van der Waals surface area (Å²) in [6.07, 6.45) is 7.06. The van der Waals surface area contributed by atoms with Gasteiger partial charge in [-0.25, -0.2) is 0 Å². The van der Waals surface area contributed by atoms with E-state index in [0.717, 1.165) is 5.57 Å². The fraction of sp³-hybridized carbons (Fsp3) is 0.0741. The first-order valence-electron chi connectivity index (χ1n) is 9.88. The minimum Gasteiger partial charge on any atom is -0.397 e.